The number of aromatic nitrogens is 3. The maximum Gasteiger partial charge on any atom is 0.276 e. The van der Waals surface area contributed by atoms with Crippen LogP contribution >= 0.6 is 0 Å². The number of halogens is 1. The molecule has 0 aliphatic carbocycles. The first kappa shape index (κ1) is 14.5. The van der Waals surface area contributed by atoms with Crippen LogP contribution in [0.4, 0.5) is 10.1 Å². The van der Waals surface area contributed by atoms with Crippen molar-refractivity contribution in [2.75, 3.05) is 11.4 Å². The van der Waals surface area contributed by atoms with E-state index >= 15 is 0 Å². The molecule has 4 rings (SSSR count). The molecule has 1 aliphatic rings. The van der Waals surface area contributed by atoms with Gasteiger partial charge in [-0.05, 0) is 36.4 Å². The molecule has 1 amide bonds. The summed E-state index contributed by atoms with van der Waals surface area (Å²) in [5, 5.41) is 3.99. The van der Waals surface area contributed by atoms with Crippen molar-refractivity contribution in [3.63, 3.8) is 0 Å². The molecule has 120 valence electrons. The molecule has 0 bridgehead atoms. The summed E-state index contributed by atoms with van der Waals surface area (Å²) in [5.74, 6) is 0.270. The molecule has 1 fully saturated rings. The lowest BCUT2D eigenvalue weighted by Gasteiger charge is -2.15. The predicted molar refractivity (Wildman–Crippen MR) is 83.6 cm³/mol. The predicted octanol–water partition coefficient (Wildman–Crippen LogP) is 2.79. The Bertz CT molecular complexity index is 864. The molecular formula is C17H13FN4O2. The Morgan fingerprint density at radius 1 is 1.17 bits per heavy atom. The van der Waals surface area contributed by atoms with Crippen molar-refractivity contribution >= 4 is 11.6 Å². The monoisotopic (exact) mass is 324 g/mol. The number of amides is 1. The van der Waals surface area contributed by atoms with E-state index in [1.807, 2.05) is 6.07 Å². The fourth-order valence-electron chi connectivity index (χ4n) is 2.75. The van der Waals surface area contributed by atoms with Crippen molar-refractivity contribution in [2.24, 2.45) is 0 Å². The van der Waals surface area contributed by atoms with Gasteiger partial charge >= 0.3 is 0 Å². The summed E-state index contributed by atoms with van der Waals surface area (Å²) in [5.41, 5.74) is 1.26. The van der Waals surface area contributed by atoms with Crippen molar-refractivity contribution in [3.05, 3.63) is 60.3 Å². The van der Waals surface area contributed by atoms with Crippen molar-refractivity contribution < 1.29 is 13.7 Å². The molecule has 0 saturated carbocycles. The van der Waals surface area contributed by atoms with Crippen LogP contribution in [-0.2, 0) is 4.79 Å². The first-order valence-electron chi connectivity index (χ1n) is 7.51. The smallest absolute Gasteiger partial charge is 0.276 e. The minimum absolute atomic E-state index is 0.0456. The van der Waals surface area contributed by atoms with Crippen LogP contribution in [0.25, 0.3) is 11.6 Å². The van der Waals surface area contributed by atoms with Gasteiger partial charge in [-0.25, -0.2) is 4.39 Å². The Morgan fingerprint density at radius 3 is 2.75 bits per heavy atom. The number of rotatable bonds is 3. The molecule has 1 atom stereocenters. The molecular weight excluding hydrogens is 311 g/mol. The van der Waals surface area contributed by atoms with Gasteiger partial charge in [-0.2, -0.15) is 4.98 Å². The lowest BCUT2D eigenvalue weighted by Crippen LogP contribution is -2.24. The van der Waals surface area contributed by atoms with E-state index in [1.54, 1.807) is 35.4 Å². The third-order valence-electron chi connectivity index (χ3n) is 3.95. The quantitative estimate of drug-likeness (QED) is 0.741. The number of hydrogen-bond acceptors (Lipinski definition) is 5. The van der Waals surface area contributed by atoms with E-state index in [0.29, 0.717) is 36.1 Å². The van der Waals surface area contributed by atoms with Gasteiger partial charge in [-0.1, -0.05) is 11.2 Å². The van der Waals surface area contributed by atoms with Crippen LogP contribution in [0.2, 0.25) is 0 Å². The van der Waals surface area contributed by atoms with Crippen molar-refractivity contribution in [1.82, 2.24) is 15.1 Å². The summed E-state index contributed by atoms with van der Waals surface area (Å²) < 4.78 is 18.3. The second kappa shape index (κ2) is 5.84. The average Bonchev–Trinajstić information content (AvgIpc) is 3.23. The molecule has 0 spiro atoms. The van der Waals surface area contributed by atoms with Crippen molar-refractivity contribution in [3.8, 4) is 11.6 Å². The van der Waals surface area contributed by atoms with Gasteiger partial charge < -0.3 is 9.42 Å². The summed E-state index contributed by atoms with van der Waals surface area (Å²) in [7, 11) is 0. The Hall–Kier alpha value is -3.09. The lowest BCUT2D eigenvalue weighted by molar-refractivity contribution is -0.117. The Balaban J connectivity index is 1.55. The molecule has 0 radical (unpaired) electrons. The number of pyridine rings is 1. The molecule has 2 aromatic heterocycles. The van der Waals surface area contributed by atoms with Crippen LogP contribution in [0.15, 0.2) is 53.2 Å². The molecule has 1 saturated heterocycles. The van der Waals surface area contributed by atoms with Gasteiger partial charge in [0, 0.05) is 30.8 Å². The van der Waals surface area contributed by atoms with E-state index in [4.69, 9.17) is 4.52 Å². The van der Waals surface area contributed by atoms with Crippen molar-refractivity contribution in [2.45, 2.75) is 12.3 Å². The Morgan fingerprint density at radius 2 is 2.00 bits per heavy atom. The standard InChI is InChI=1S/C17H13FN4O2/c18-12-4-6-13(7-5-12)22-10-11(9-15(22)23)16-20-17(24-21-16)14-3-1-2-8-19-14/h1-8,11H,9-10H2/t11-/m1/s1. The summed E-state index contributed by atoms with van der Waals surface area (Å²) in [6.45, 7) is 0.436. The third-order valence-corrected chi connectivity index (χ3v) is 3.95. The highest BCUT2D eigenvalue weighted by molar-refractivity contribution is 5.96. The molecule has 6 nitrogen and oxygen atoms in total. The highest BCUT2D eigenvalue weighted by Crippen LogP contribution is 2.31. The summed E-state index contributed by atoms with van der Waals surface area (Å²) >= 11 is 0. The summed E-state index contributed by atoms with van der Waals surface area (Å²) in [6.07, 6.45) is 1.94. The second-order valence-corrected chi connectivity index (χ2v) is 5.55. The van der Waals surface area contributed by atoms with E-state index < -0.39 is 0 Å². The first-order chi connectivity index (χ1) is 11.7. The normalized spacial score (nSPS) is 17.5. The highest BCUT2D eigenvalue weighted by atomic mass is 19.1. The minimum Gasteiger partial charge on any atom is -0.332 e. The SMILES string of the molecule is O=C1C[C@@H](c2noc(-c3ccccn3)n2)CN1c1ccc(F)cc1. The number of carbonyl (C=O) groups is 1. The summed E-state index contributed by atoms with van der Waals surface area (Å²) in [6, 6.07) is 11.3. The van der Waals surface area contributed by atoms with Crippen LogP contribution in [0, 0.1) is 5.82 Å². The van der Waals surface area contributed by atoms with Crippen LogP contribution in [-0.4, -0.2) is 27.6 Å². The molecule has 0 unspecified atom stereocenters. The number of nitrogens with zero attached hydrogens (tertiary/aromatic N) is 4. The minimum atomic E-state index is -0.333. The van der Waals surface area contributed by atoms with E-state index in [-0.39, 0.29) is 17.6 Å². The van der Waals surface area contributed by atoms with Gasteiger partial charge in [0.2, 0.25) is 5.91 Å². The maximum atomic E-state index is 13.0. The van der Waals surface area contributed by atoms with Gasteiger partial charge in [0.25, 0.3) is 5.89 Å². The van der Waals surface area contributed by atoms with Crippen LogP contribution in [0.5, 0.6) is 0 Å². The topological polar surface area (TPSA) is 72.1 Å². The van der Waals surface area contributed by atoms with Crippen molar-refractivity contribution in [1.29, 1.82) is 0 Å². The third kappa shape index (κ3) is 2.64. The number of anilines is 1. The van der Waals surface area contributed by atoms with Crippen LogP contribution in [0.3, 0.4) is 0 Å². The number of carbonyl (C=O) groups excluding carboxylic acids is 1. The Labute approximate surface area is 136 Å². The van der Waals surface area contributed by atoms with Gasteiger partial charge in [-0.15, -0.1) is 0 Å². The molecule has 24 heavy (non-hydrogen) atoms. The van der Waals surface area contributed by atoms with Crippen LogP contribution in [0.1, 0.15) is 18.2 Å². The molecule has 3 heterocycles. The molecule has 1 aliphatic heterocycles. The van der Waals surface area contributed by atoms with Gasteiger partial charge in [0.1, 0.15) is 11.5 Å². The lowest BCUT2D eigenvalue weighted by atomic mass is 10.1. The highest BCUT2D eigenvalue weighted by Gasteiger charge is 2.34. The molecule has 7 heteroatoms. The fraction of sp³-hybridized carbons (Fsp3) is 0.176. The van der Waals surface area contributed by atoms with Gasteiger partial charge in [0.05, 0.1) is 0 Å². The second-order valence-electron chi connectivity index (χ2n) is 5.55. The zero-order valence-corrected chi connectivity index (χ0v) is 12.6. The maximum absolute atomic E-state index is 13.0. The Kier molecular flexibility index (Phi) is 3.53. The van der Waals surface area contributed by atoms with Crippen LogP contribution < -0.4 is 4.90 Å². The average molecular weight is 324 g/mol. The van der Waals surface area contributed by atoms with Gasteiger partial charge in [-0.3, -0.25) is 9.78 Å². The summed E-state index contributed by atoms with van der Waals surface area (Å²) in [4.78, 5) is 22.4. The van der Waals surface area contributed by atoms with E-state index in [1.165, 1.54) is 12.1 Å². The number of benzene rings is 1. The van der Waals surface area contributed by atoms with Gasteiger partial charge in [0.15, 0.2) is 5.82 Å². The van der Waals surface area contributed by atoms with E-state index in [0.717, 1.165) is 0 Å². The largest absolute Gasteiger partial charge is 0.332 e. The number of hydrogen-bond donors (Lipinski definition) is 0. The molecule has 3 aromatic rings. The molecule has 0 N–H and O–H groups in total. The fourth-order valence-corrected chi connectivity index (χ4v) is 2.75. The molecule has 1 aromatic carbocycles. The van der Waals surface area contributed by atoms with E-state index in [2.05, 4.69) is 15.1 Å². The zero-order valence-electron chi connectivity index (χ0n) is 12.6. The first-order valence-corrected chi connectivity index (χ1v) is 7.51. The van der Waals surface area contributed by atoms with E-state index in [9.17, 15) is 9.18 Å². The zero-order chi connectivity index (χ0) is 16.5.